The van der Waals surface area contributed by atoms with Gasteiger partial charge < -0.3 is 10.0 Å². The van der Waals surface area contributed by atoms with E-state index in [0.717, 1.165) is 5.56 Å². The molecule has 1 aromatic rings. The normalized spacial score (nSPS) is 11.7. The molecule has 0 aliphatic heterocycles. The van der Waals surface area contributed by atoms with E-state index in [1.54, 1.807) is 18.2 Å². The van der Waals surface area contributed by atoms with Crippen LogP contribution in [0, 0.1) is 0 Å². The zero-order valence-corrected chi connectivity index (χ0v) is 11.5. The molecule has 0 unspecified atom stereocenters. The van der Waals surface area contributed by atoms with Crippen LogP contribution in [0.5, 0.6) is 5.75 Å². The van der Waals surface area contributed by atoms with Crippen molar-refractivity contribution in [2.45, 2.75) is 13.3 Å². The number of phenolic OH excluding ortho intramolecular Hbond substituents is 1. The number of allylic oxidation sites excluding steroid dienone is 1. The lowest BCUT2D eigenvalue weighted by Gasteiger charge is -2.09. The smallest absolute Gasteiger partial charge is 0.167 e. The summed E-state index contributed by atoms with van der Waals surface area (Å²) in [5.41, 5.74) is 0.925. The molecule has 1 aromatic carbocycles. The predicted molar refractivity (Wildman–Crippen MR) is 74.9 cm³/mol. The van der Waals surface area contributed by atoms with Crippen LogP contribution >= 0.6 is 0 Å². The Morgan fingerprint density at radius 3 is 2.26 bits per heavy atom. The molecule has 19 heavy (non-hydrogen) atoms. The van der Waals surface area contributed by atoms with E-state index in [1.165, 1.54) is 19.1 Å². The van der Waals surface area contributed by atoms with E-state index in [4.69, 9.17) is 0 Å². The first-order chi connectivity index (χ1) is 8.90. The minimum Gasteiger partial charge on any atom is -0.508 e. The molecule has 0 aliphatic rings. The Labute approximate surface area is 113 Å². The highest BCUT2D eigenvalue weighted by molar-refractivity contribution is 6.22. The Morgan fingerprint density at radius 1 is 1.21 bits per heavy atom. The summed E-state index contributed by atoms with van der Waals surface area (Å²) < 4.78 is 0. The molecule has 0 heterocycles. The molecular formula is C15H19NO3. The van der Waals surface area contributed by atoms with E-state index >= 15 is 0 Å². The number of hydrogen-bond donors (Lipinski definition) is 1. The molecule has 0 aliphatic carbocycles. The summed E-state index contributed by atoms with van der Waals surface area (Å²) in [5, 5.41) is 9.19. The first-order valence-corrected chi connectivity index (χ1v) is 6.09. The second kappa shape index (κ2) is 6.85. The molecule has 0 spiro atoms. The van der Waals surface area contributed by atoms with Gasteiger partial charge in [-0.2, -0.15) is 0 Å². The van der Waals surface area contributed by atoms with Crippen molar-refractivity contribution >= 4 is 17.6 Å². The zero-order chi connectivity index (χ0) is 14.4. The Balaban J connectivity index is 2.91. The fourth-order valence-electron chi connectivity index (χ4n) is 1.58. The minimum atomic E-state index is -0.239. The summed E-state index contributed by atoms with van der Waals surface area (Å²) in [6.07, 6.45) is 1.89. The molecule has 0 saturated heterocycles. The zero-order valence-electron chi connectivity index (χ0n) is 11.5. The Hall–Kier alpha value is -1.94. The number of benzene rings is 1. The van der Waals surface area contributed by atoms with Crippen LogP contribution < -0.4 is 0 Å². The van der Waals surface area contributed by atoms with Crippen LogP contribution in [0.3, 0.4) is 0 Å². The average molecular weight is 261 g/mol. The van der Waals surface area contributed by atoms with Gasteiger partial charge in [-0.05, 0) is 44.8 Å². The number of phenols is 1. The molecule has 4 heteroatoms. The van der Waals surface area contributed by atoms with Crippen molar-refractivity contribution in [3.05, 3.63) is 35.4 Å². The molecule has 1 N–H and O–H groups in total. The van der Waals surface area contributed by atoms with Gasteiger partial charge >= 0.3 is 0 Å². The van der Waals surface area contributed by atoms with Crippen molar-refractivity contribution in [2.24, 2.45) is 0 Å². The Bertz CT molecular complexity index is 487. The van der Waals surface area contributed by atoms with Crippen molar-refractivity contribution < 1.29 is 14.7 Å². The lowest BCUT2D eigenvalue weighted by Crippen LogP contribution is -2.19. The number of nitrogens with zero attached hydrogens (tertiary/aromatic N) is 1. The highest BCUT2D eigenvalue weighted by atomic mass is 16.3. The van der Waals surface area contributed by atoms with E-state index in [1.807, 2.05) is 19.0 Å². The fraction of sp³-hybridized carbons (Fsp3) is 0.333. The third-order valence-corrected chi connectivity index (χ3v) is 2.67. The summed E-state index contributed by atoms with van der Waals surface area (Å²) in [7, 11) is 3.76. The topological polar surface area (TPSA) is 57.6 Å². The largest absolute Gasteiger partial charge is 0.508 e. The van der Waals surface area contributed by atoms with Crippen molar-refractivity contribution in [1.29, 1.82) is 0 Å². The van der Waals surface area contributed by atoms with Gasteiger partial charge in [-0.25, -0.2) is 0 Å². The van der Waals surface area contributed by atoms with E-state index < -0.39 is 0 Å². The highest BCUT2D eigenvalue weighted by Crippen LogP contribution is 2.14. The van der Waals surface area contributed by atoms with Crippen LogP contribution in [0.2, 0.25) is 0 Å². The summed E-state index contributed by atoms with van der Waals surface area (Å²) in [5.74, 6) is -0.244. The van der Waals surface area contributed by atoms with Gasteiger partial charge in [0.25, 0.3) is 0 Å². The van der Waals surface area contributed by atoms with E-state index in [9.17, 15) is 14.7 Å². The number of carbonyl (C=O) groups is 2. The second-order valence-electron chi connectivity index (χ2n) is 4.68. The molecule has 0 aromatic heterocycles. The molecule has 0 amide bonds. The molecule has 1 rings (SSSR count). The van der Waals surface area contributed by atoms with Crippen LogP contribution in [-0.2, 0) is 9.59 Å². The maximum Gasteiger partial charge on any atom is 0.167 e. The van der Waals surface area contributed by atoms with Crippen LogP contribution in [-0.4, -0.2) is 42.2 Å². The Kier molecular flexibility index (Phi) is 5.45. The third-order valence-electron chi connectivity index (χ3n) is 2.67. The quantitative estimate of drug-likeness (QED) is 0.482. The standard InChI is InChI=1S/C15H19NO3/c1-11(17)14(15(19)8-9-16(2)3)10-12-4-6-13(18)7-5-12/h4-7,10,18H,8-9H2,1-3H3/b14-10+. The number of Topliss-reactive ketones (excluding diaryl/α,β-unsaturated/α-hetero) is 2. The molecule has 0 fully saturated rings. The van der Waals surface area contributed by atoms with Crippen LogP contribution in [0.25, 0.3) is 6.08 Å². The number of carbonyl (C=O) groups excluding carboxylic acids is 2. The van der Waals surface area contributed by atoms with Gasteiger partial charge in [0, 0.05) is 13.0 Å². The van der Waals surface area contributed by atoms with Crippen molar-refractivity contribution in [2.75, 3.05) is 20.6 Å². The molecule has 0 bridgehead atoms. The van der Waals surface area contributed by atoms with Crippen LogP contribution in [0.1, 0.15) is 18.9 Å². The maximum absolute atomic E-state index is 12.0. The molecule has 102 valence electrons. The first kappa shape index (κ1) is 15.1. The number of hydrogen-bond acceptors (Lipinski definition) is 4. The third kappa shape index (κ3) is 5.06. The van der Waals surface area contributed by atoms with Gasteiger partial charge in [0.05, 0.1) is 5.57 Å². The highest BCUT2D eigenvalue weighted by Gasteiger charge is 2.14. The predicted octanol–water partition coefficient (Wildman–Crippen LogP) is 1.89. The monoisotopic (exact) mass is 261 g/mol. The van der Waals surface area contributed by atoms with Gasteiger partial charge in [-0.1, -0.05) is 12.1 Å². The fourth-order valence-corrected chi connectivity index (χ4v) is 1.58. The van der Waals surface area contributed by atoms with Crippen LogP contribution in [0.15, 0.2) is 29.8 Å². The maximum atomic E-state index is 12.0. The van der Waals surface area contributed by atoms with Gasteiger partial charge in [0.1, 0.15) is 5.75 Å². The van der Waals surface area contributed by atoms with Crippen molar-refractivity contribution in [3.63, 3.8) is 0 Å². The molecule has 4 nitrogen and oxygen atoms in total. The van der Waals surface area contributed by atoms with E-state index in [2.05, 4.69) is 0 Å². The van der Waals surface area contributed by atoms with Gasteiger partial charge in [0.15, 0.2) is 11.6 Å². The van der Waals surface area contributed by atoms with Gasteiger partial charge in [-0.3, -0.25) is 9.59 Å². The van der Waals surface area contributed by atoms with Gasteiger partial charge in [-0.15, -0.1) is 0 Å². The molecule has 0 saturated carbocycles. The summed E-state index contributed by atoms with van der Waals surface area (Å²) in [4.78, 5) is 25.4. The summed E-state index contributed by atoms with van der Waals surface area (Å²) in [6, 6.07) is 6.37. The molecule has 0 atom stereocenters. The lowest BCUT2D eigenvalue weighted by molar-refractivity contribution is -0.120. The lowest BCUT2D eigenvalue weighted by atomic mass is 10.0. The van der Waals surface area contributed by atoms with Crippen LogP contribution in [0.4, 0.5) is 0 Å². The van der Waals surface area contributed by atoms with E-state index in [0.29, 0.717) is 13.0 Å². The molecular weight excluding hydrogens is 242 g/mol. The number of rotatable bonds is 6. The summed E-state index contributed by atoms with van der Waals surface area (Å²) >= 11 is 0. The van der Waals surface area contributed by atoms with E-state index in [-0.39, 0.29) is 22.9 Å². The van der Waals surface area contributed by atoms with Gasteiger partial charge in [0.2, 0.25) is 0 Å². The molecule has 0 radical (unpaired) electrons. The number of ketones is 2. The number of aromatic hydroxyl groups is 1. The SMILES string of the molecule is CC(=O)/C(=C\c1ccc(O)cc1)C(=O)CCN(C)C. The summed E-state index contributed by atoms with van der Waals surface area (Å²) in [6.45, 7) is 2.00. The minimum absolute atomic E-state index is 0.153. The Morgan fingerprint density at radius 2 is 1.79 bits per heavy atom. The first-order valence-electron chi connectivity index (χ1n) is 6.09. The second-order valence-corrected chi connectivity index (χ2v) is 4.68. The average Bonchev–Trinajstić information content (AvgIpc) is 2.34. The van der Waals surface area contributed by atoms with Crippen molar-refractivity contribution in [1.82, 2.24) is 4.90 Å². The van der Waals surface area contributed by atoms with Crippen molar-refractivity contribution in [3.8, 4) is 5.75 Å².